The molecule has 250 valence electrons. The number of carbonyl (C=O) groups is 4. The summed E-state index contributed by atoms with van der Waals surface area (Å²) in [5.41, 5.74) is 1.66. The van der Waals surface area contributed by atoms with Crippen molar-refractivity contribution in [1.82, 2.24) is 21.3 Å². The molecule has 2 heterocycles. The van der Waals surface area contributed by atoms with E-state index < -0.39 is 0 Å². The number of benzene rings is 2. The first kappa shape index (κ1) is 35.4. The van der Waals surface area contributed by atoms with Crippen molar-refractivity contribution in [2.45, 2.75) is 55.9 Å². The van der Waals surface area contributed by atoms with Gasteiger partial charge < -0.3 is 35.5 Å². The molecule has 0 spiro atoms. The van der Waals surface area contributed by atoms with E-state index in [0.717, 1.165) is 31.4 Å². The van der Waals surface area contributed by atoms with E-state index in [1.165, 1.54) is 0 Å². The van der Waals surface area contributed by atoms with Gasteiger partial charge in [-0.25, -0.2) is 4.79 Å². The van der Waals surface area contributed by atoms with Crippen molar-refractivity contribution in [3.8, 4) is 0 Å². The SMILES string of the molecule is O=C(CCCC[C@@H]1SC[C@H]2NC(=O)N[C@H]12)NCCCOCCOCCOCCCNC(=O)c1ccc(C(=O)c2ccccc2)cc1. The molecule has 2 fully saturated rings. The summed E-state index contributed by atoms with van der Waals surface area (Å²) in [6, 6.07) is 16.1. The van der Waals surface area contributed by atoms with Gasteiger partial charge in [0.05, 0.1) is 38.5 Å². The summed E-state index contributed by atoms with van der Waals surface area (Å²) in [6.45, 7) is 4.03. The van der Waals surface area contributed by atoms with Crippen molar-refractivity contribution in [2.24, 2.45) is 0 Å². The van der Waals surface area contributed by atoms with Crippen LogP contribution in [0.5, 0.6) is 0 Å². The lowest BCUT2D eigenvalue weighted by atomic mass is 10.0. The number of hydrogen-bond donors (Lipinski definition) is 4. The summed E-state index contributed by atoms with van der Waals surface area (Å²) in [4.78, 5) is 48.4. The molecule has 2 aliphatic heterocycles. The van der Waals surface area contributed by atoms with Gasteiger partial charge in [-0.3, -0.25) is 14.4 Å². The minimum atomic E-state index is -0.187. The van der Waals surface area contributed by atoms with Crippen molar-refractivity contribution in [3.63, 3.8) is 0 Å². The van der Waals surface area contributed by atoms with Crippen LogP contribution in [0.25, 0.3) is 0 Å². The maximum absolute atomic E-state index is 12.5. The zero-order chi connectivity index (χ0) is 32.4. The van der Waals surface area contributed by atoms with Crippen LogP contribution in [0.2, 0.25) is 0 Å². The van der Waals surface area contributed by atoms with Crippen LogP contribution >= 0.6 is 11.8 Å². The first-order valence-electron chi connectivity index (χ1n) is 16.2. The summed E-state index contributed by atoms with van der Waals surface area (Å²) in [5.74, 6) is 0.770. The molecule has 12 heteroatoms. The second kappa shape index (κ2) is 19.9. The number of nitrogens with one attached hydrogen (secondary N) is 4. The van der Waals surface area contributed by atoms with Gasteiger partial charge in [0.25, 0.3) is 5.91 Å². The standard InChI is InChI=1S/C34H46N4O7S/c39-30(11-5-4-10-29-31-28(24-46-29)37-34(42)38-31)35-16-6-18-43-20-22-45-23-21-44-19-7-17-36-33(41)27-14-12-26(13-15-27)32(40)25-8-2-1-3-9-25/h1-3,8-9,12-15,28-29,31H,4-7,10-11,16-24H2,(H,35,39)(H,36,41)(H2,37,38,42)/t28-,29+,31+/m1/s1. The number of ketones is 1. The zero-order valence-corrected chi connectivity index (χ0v) is 27.1. The molecule has 0 aromatic heterocycles. The first-order chi connectivity index (χ1) is 22.5. The maximum atomic E-state index is 12.5. The van der Waals surface area contributed by atoms with Crippen molar-refractivity contribution < 1.29 is 33.4 Å². The Morgan fingerprint density at radius 1 is 0.717 bits per heavy atom. The third kappa shape index (κ3) is 12.1. The molecule has 2 aromatic carbocycles. The molecule has 46 heavy (non-hydrogen) atoms. The van der Waals surface area contributed by atoms with Gasteiger partial charge in [0.1, 0.15) is 0 Å². The summed E-state index contributed by atoms with van der Waals surface area (Å²) >= 11 is 1.90. The molecule has 0 aliphatic carbocycles. The highest BCUT2D eigenvalue weighted by molar-refractivity contribution is 8.00. The molecular weight excluding hydrogens is 608 g/mol. The first-order valence-corrected chi connectivity index (χ1v) is 17.2. The molecule has 4 amide bonds. The highest BCUT2D eigenvalue weighted by atomic mass is 32.2. The number of unbranched alkanes of at least 4 members (excludes halogenated alkanes) is 1. The normalized spacial score (nSPS) is 18.4. The molecule has 0 unspecified atom stereocenters. The average Bonchev–Trinajstić information content (AvgIpc) is 3.63. The van der Waals surface area contributed by atoms with E-state index in [1.807, 2.05) is 30.0 Å². The minimum Gasteiger partial charge on any atom is -0.379 e. The number of hydrogen-bond acceptors (Lipinski definition) is 8. The van der Waals surface area contributed by atoms with Gasteiger partial charge in [0.15, 0.2) is 5.78 Å². The predicted octanol–water partition coefficient (Wildman–Crippen LogP) is 3.32. The van der Waals surface area contributed by atoms with Crippen LogP contribution in [-0.4, -0.2) is 99.4 Å². The van der Waals surface area contributed by atoms with Crippen LogP contribution < -0.4 is 21.3 Å². The molecular formula is C34H46N4O7S. The Balaban J connectivity index is 0.882. The highest BCUT2D eigenvalue weighted by Crippen LogP contribution is 2.33. The summed E-state index contributed by atoms with van der Waals surface area (Å²) in [5, 5.41) is 12.2. The molecule has 11 nitrogen and oxygen atoms in total. The van der Waals surface area contributed by atoms with Crippen molar-refractivity contribution in [3.05, 3.63) is 71.3 Å². The Morgan fingerprint density at radius 3 is 2.02 bits per heavy atom. The molecule has 3 atom stereocenters. The van der Waals surface area contributed by atoms with E-state index in [2.05, 4.69) is 21.3 Å². The molecule has 0 radical (unpaired) electrons. The minimum absolute atomic E-state index is 0.0606. The van der Waals surface area contributed by atoms with E-state index in [1.54, 1.807) is 36.4 Å². The summed E-state index contributed by atoms with van der Waals surface area (Å²) < 4.78 is 16.6. The van der Waals surface area contributed by atoms with E-state index in [9.17, 15) is 19.2 Å². The lowest BCUT2D eigenvalue weighted by Gasteiger charge is -2.16. The highest BCUT2D eigenvalue weighted by Gasteiger charge is 2.42. The summed E-state index contributed by atoms with van der Waals surface area (Å²) in [6.07, 6.45) is 4.80. The molecule has 4 rings (SSSR count). The third-order valence-electron chi connectivity index (χ3n) is 7.81. The van der Waals surface area contributed by atoms with Gasteiger partial charge in [-0.15, -0.1) is 0 Å². The van der Waals surface area contributed by atoms with Gasteiger partial charge >= 0.3 is 6.03 Å². The lowest BCUT2D eigenvalue weighted by Crippen LogP contribution is -2.36. The number of carbonyl (C=O) groups excluding carboxylic acids is 4. The molecule has 2 saturated heterocycles. The molecule has 0 bridgehead atoms. The topological polar surface area (TPSA) is 144 Å². The number of rotatable bonds is 22. The number of urea groups is 1. The van der Waals surface area contributed by atoms with Crippen LogP contribution in [0.3, 0.4) is 0 Å². The number of thioether (sulfide) groups is 1. The van der Waals surface area contributed by atoms with E-state index in [4.69, 9.17) is 14.2 Å². The van der Waals surface area contributed by atoms with Gasteiger partial charge in [-0.2, -0.15) is 11.8 Å². The van der Waals surface area contributed by atoms with Crippen LogP contribution in [0.15, 0.2) is 54.6 Å². The molecule has 2 aliphatic rings. The van der Waals surface area contributed by atoms with Crippen LogP contribution in [0.4, 0.5) is 4.79 Å². The third-order valence-corrected chi connectivity index (χ3v) is 9.32. The Morgan fingerprint density at radius 2 is 1.33 bits per heavy atom. The number of fused-ring (bicyclic) bond motifs is 1. The predicted molar refractivity (Wildman–Crippen MR) is 177 cm³/mol. The van der Waals surface area contributed by atoms with Gasteiger partial charge in [0.2, 0.25) is 5.91 Å². The Kier molecular flexibility index (Phi) is 15.3. The monoisotopic (exact) mass is 654 g/mol. The van der Waals surface area contributed by atoms with E-state index in [0.29, 0.717) is 87.5 Å². The lowest BCUT2D eigenvalue weighted by molar-refractivity contribution is -0.121. The van der Waals surface area contributed by atoms with Crippen LogP contribution in [-0.2, 0) is 19.0 Å². The van der Waals surface area contributed by atoms with Crippen molar-refractivity contribution in [2.75, 3.05) is 58.5 Å². The van der Waals surface area contributed by atoms with Crippen molar-refractivity contribution in [1.29, 1.82) is 0 Å². The molecule has 2 aromatic rings. The molecule has 0 saturated carbocycles. The van der Waals surface area contributed by atoms with Gasteiger partial charge in [0, 0.05) is 60.4 Å². The zero-order valence-electron chi connectivity index (χ0n) is 26.3. The Hall–Kier alpha value is -3.45. The smallest absolute Gasteiger partial charge is 0.315 e. The Bertz CT molecular complexity index is 1250. The second-order valence-electron chi connectivity index (χ2n) is 11.3. The van der Waals surface area contributed by atoms with E-state index >= 15 is 0 Å². The van der Waals surface area contributed by atoms with Crippen LogP contribution in [0, 0.1) is 0 Å². The number of ether oxygens (including phenoxy) is 3. The molecule has 4 N–H and O–H groups in total. The number of amides is 4. The fourth-order valence-corrected chi connectivity index (χ4v) is 6.86. The maximum Gasteiger partial charge on any atom is 0.315 e. The van der Waals surface area contributed by atoms with Crippen LogP contribution in [0.1, 0.15) is 64.8 Å². The van der Waals surface area contributed by atoms with E-state index in [-0.39, 0.29) is 35.7 Å². The fourth-order valence-electron chi connectivity index (χ4n) is 5.31. The van der Waals surface area contributed by atoms with Gasteiger partial charge in [-0.05, 0) is 37.8 Å². The quantitative estimate of drug-likeness (QED) is 0.0861. The Labute approximate surface area is 275 Å². The van der Waals surface area contributed by atoms with Gasteiger partial charge in [-0.1, -0.05) is 48.9 Å². The van der Waals surface area contributed by atoms with Crippen molar-refractivity contribution >= 4 is 35.4 Å². The summed E-state index contributed by atoms with van der Waals surface area (Å²) in [7, 11) is 0. The fraction of sp³-hybridized carbons (Fsp3) is 0.529. The second-order valence-corrected chi connectivity index (χ2v) is 12.6. The average molecular weight is 655 g/mol. The largest absolute Gasteiger partial charge is 0.379 e.